The maximum atomic E-state index is 12.4. The van der Waals surface area contributed by atoms with Gasteiger partial charge in [-0.05, 0) is 43.9 Å². The maximum absolute atomic E-state index is 12.4. The van der Waals surface area contributed by atoms with Crippen LogP contribution in [0.25, 0.3) is 0 Å². The molecule has 24 heavy (non-hydrogen) atoms. The number of hydrogen-bond acceptors (Lipinski definition) is 4. The van der Waals surface area contributed by atoms with E-state index in [9.17, 15) is 9.59 Å². The monoisotopic (exact) mass is 332 g/mol. The third kappa shape index (κ3) is 5.60. The van der Waals surface area contributed by atoms with Gasteiger partial charge in [0.25, 0.3) is 0 Å². The molecule has 1 aromatic heterocycles. The number of aromatic nitrogens is 1. The quantitative estimate of drug-likeness (QED) is 0.892. The number of likely N-dealkylation sites (N-methyl/N-ethyl adjacent to an activating group) is 1. The minimum atomic E-state index is -0.165. The van der Waals surface area contributed by atoms with Crippen molar-refractivity contribution in [3.63, 3.8) is 0 Å². The lowest BCUT2D eigenvalue weighted by molar-refractivity contribution is -0.135. The standard InChI is InChI=1S/C18H28N4O2/c1-13-5-6-16(19-8-13)20-17(23)11-21(4)12-18(24)22-9-14(2)7-15(3)10-22/h5-6,8,14-15H,7,9-12H2,1-4H3,(H,19,20,23). The fraction of sp³-hybridized carbons (Fsp3) is 0.611. The van der Waals surface area contributed by atoms with Crippen LogP contribution in [0.4, 0.5) is 5.82 Å². The number of carbonyl (C=O) groups is 2. The number of pyridine rings is 1. The zero-order chi connectivity index (χ0) is 17.7. The van der Waals surface area contributed by atoms with Crippen molar-refractivity contribution in [2.45, 2.75) is 27.2 Å². The van der Waals surface area contributed by atoms with E-state index in [-0.39, 0.29) is 24.9 Å². The topological polar surface area (TPSA) is 65.5 Å². The first-order valence-corrected chi connectivity index (χ1v) is 8.52. The third-order valence-electron chi connectivity index (χ3n) is 4.22. The number of nitrogens with one attached hydrogen (secondary N) is 1. The summed E-state index contributed by atoms with van der Waals surface area (Å²) in [6, 6.07) is 3.67. The van der Waals surface area contributed by atoms with Gasteiger partial charge in [0, 0.05) is 19.3 Å². The Kier molecular flexibility index (Phi) is 6.31. The van der Waals surface area contributed by atoms with E-state index < -0.39 is 0 Å². The Morgan fingerprint density at radius 2 is 1.92 bits per heavy atom. The number of aryl methyl sites for hydroxylation is 1. The molecule has 0 bridgehead atoms. The van der Waals surface area contributed by atoms with Crippen molar-refractivity contribution in [1.82, 2.24) is 14.8 Å². The Balaban J connectivity index is 1.79. The molecule has 0 aromatic carbocycles. The number of anilines is 1. The summed E-state index contributed by atoms with van der Waals surface area (Å²) in [5, 5.41) is 2.75. The molecule has 0 saturated carbocycles. The molecule has 1 aromatic rings. The molecule has 2 unspecified atom stereocenters. The largest absolute Gasteiger partial charge is 0.341 e. The van der Waals surface area contributed by atoms with Crippen LogP contribution >= 0.6 is 0 Å². The number of hydrogen-bond donors (Lipinski definition) is 1. The number of piperidine rings is 1. The summed E-state index contributed by atoms with van der Waals surface area (Å²) < 4.78 is 0. The van der Waals surface area contributed by atoms with Crippen LogP contribution in [0.15, 0.2) is 18.3 Å². The smallest absolute Gasteiger partial charge is 0.239 e. The molecule has 2 atom stereocenters. The summed E-state index contributed by atoms with van der Waals surface area (Å²) in [7, 11) is 1.79. The summed E-state index contributed by atoms with van der Waals surface area (Å²) in [6.07, 6.45) is 2.88. The lowest BCUT2D eigenvalue weighted by Crippen LogP contribution is -2.47. The van der Waals surface area contributed by atoms with E-state index in [0.29, 0.717) is 17.7 Å². The Labute approximate surface area is 144 Å². The van der Waals surface area contributed by atoms with Gasteiger partial charge in [-0.15, -0.1) is 0 Å². The average Bonchev–Trinajstić information content (AvgIpc) is 2.48. The summed E-state index contributed by atoms with van der Waals surface area (Å²) in [5.41, 5.74) is 1.04. The highest BCUT2D eigenvalue weighted by molar-refractivity contribution is 5.91. The van der Waals surface area contributed by atoms with Crippen molar-refractivity contribution in [1.29, 1.82) is 0 Å². The predicted molar refractivity (Wildman–Crippen MR) is 94.6 cm³/mol. The molecule has 2 amide bonds. The molecule has 1 N–H and O–H groups in total. The zero-order valence-corrected chi connectivity index (χ0v) is 15.1. The Hall–Kier alpha value is -1.95. The highest BCUT2D eigenvalue weighted by atomic mass is 16.2. The first-order chi connectivity index (χ1) is 11.3. The van der Waals surface area contributed by atoms with Gasteiger partial charge in [0.1, 0.15) is 5.82 Å². The van der Waals surface area contributed by atoms with E-state index >= 15 is 0 Å². The number of amides is 2. The molecule has 6 nitrogen and oxygen atoms in total. The van der Waals surface area contributed by atoms with Gasteiger partial charge < -0.3 is 10.2 Å². The van der Waals surface area contributed by atoms with Crippen LogP contribution in [-0.2, 0) is 9.59 Å². The molecular formula is C18H28N4O2. The second-order valence-electron chi connectivity index (χ2n) is 7.19. The van der Waals surface area contributed by atoms with Crippen LogP contribution in [0.3, 0.4) is 0 Å². The third-order valence-corrected chi connectivity index (χ3v) is 4.22. The van der Waals surface area contributed by atoms with Gasteiger partial charge in [0.2, 0.25) is 11.8 Å². The summed E-state index contributed by atoms with van der Waals surface area (Å²) in [4.78, 5) is 32.3. The molecule has 1 aliphatic heterocycles. The van der Waals surface area contributed by atoms with Crippen molar-refractivity contribution < 1.29 is 9.59 Å². The van der Waals surface area contributed by atoms with Crippen LogP contribution in [-0.4, -0.2) is 59.8 Å². The van der Waals surface area contributed by atoms with Crippen LogP contribution in [0.2, 0.25) is 0 Å². The minimum absolute atomic E-state index is 0.0946. The highest BCUT2D eigenvalue weighted by Crippen LogP contribution is 2.20. The molecule has 0 aliphatic carbocycles. The van der Waals surface area contributed by atoms with Crippen LogP contribution < -0.4 is 5.32 Å². The number of nitrogens with zero attached hydrogens (tertiary/aromatic N) is 3. The highest BCUT2D eigenvalue weighted by Gasteiger charge is 2.26. The van der Waals surface area contributed by atoms with E-state index in [2.05, 4.69) is 24.1 Å². The van der Waals surface area contributed by atoms with Crippen LogP contribution in [0, 0.1) is 18.8 Å². The van der Waals surface area contributed by atoms with E-state index in [1.807, 2.05) is 17.9 Å². The normalized spacial score (nSPS) is 21.0. The van der Waals surface area contributed by atoms with E-state index in [1.54, 1.807) is 24.2 Å². The van der Waals surface area contributed by atoms with Gasteiger partial charge in [-0.3, -0.25) is 14.5 Å². The molecule has 1 saturated heterocycles. The maximum Gasteiger partial charge on any atom is 0.239 e. The van der Waals surface area contributed by atoms with Gasteiger partial charge in [0.05, 0.1) is 13.1 Å². The lowest BCUT2D eigenvalue weighted by Gasteiger charge is -2.35. The zero-order valence-electron chi connectivity index (χ0n) is 15.1. The molecule has 2 rings (SSSR count). The molecule has 2 heterocycles. The van der Waals surface area contributed by atoms with Gasteiger partial charge in [0.15, 0.2) is 0 Å². The molecule has 0 spiro atoms. The molecular weight excluding hydrogens is 304 g/mol. The first-order valence-electron chi connectivity index (χ1n) is 8.52. The Morgan fingerprint density at radius 1 is 1.25 bits per heavy atom. The van der Waals surface area contributed by atoms with Crippen molar-refractivity contribution >= 4 is 17.6 Å². The number of carbonyl (C=O) groups excluding carboxylic acids is 2. The molecule has 6 heteroatoms. The van der Waals surface area contributed by atoms with Crippen LogP contribution in [0.1, 0.15) is 25.8 Å². The van der Waals surface area contributed by atoms with Gasteiger partial charge in [-0.1, -0.05) is 19.9 Å². The average molecular weight is 332 g/mol. The minimum Gasteiger partial charge on any atom is -0.341 e. The molecule has 1 aliphatic rings. The number of rotatable bonds is 5. The molecule has 1 fully saturated rings. The van der Waals surface area contributed by atoms with Gasteiger partial charge >= 0.3 is 0 Å². The van der Waals surface area contributed by atoms with Crippen molar-refractivity contribution in [3.05, 3.63) is 23.9 Å². The summed E-state index contributed by atoms with van der Waals surface area (Å²) in [6.45, 7) is 8.37. The second kappa shape index (κ2) is 8.24. The summed E-state index contributed by atoms with van der Waals surface area (Å²) in [5.74, 6) is 1.54. The predicted octanol–water partition coefficient (Wildman–Crippen LogP) is 1.76. The van der Waals surface area contributed by atoms with Gasteiger partial charge in [-0.2, -0.15) is 0 Å². The van der Waals surface area contributed by atoms with E-state index in [4.69, 9.17) is 0 Å². The fourth-order valence-electron chi connectivity index (χ4n) is 3.22. The SMILES string of the molecule is Cc1ccc(NC(=O)CN(C)CC(=O)N2CC(C)CC(C)C2)nc1. The first kappa shape index (κ1) is 18.4. The lowest BCUT2D eigenvalue weighted by atomic mass is 9.92. The summed E-state index contributed by atoms with van der Waals surface area (Å²) >= 11 is 0. The Bertz CT molecular complexity index is 563. The van der Waals surface area contributed by atoms with Crippen molar-refractivity contribution in [2.24, 2.45) is 11.8 Å². The molecule has 0 radical (unpaired) electrons. The Morgan fingerprint density at radius 3 is 2.50 bits per heavy atom. The van der Waals surface area contributed by atoms with E-state index in [1.165, 1.54) is 6.42 Å². The number of likely N-dealkylation sites (tertiary alicyclic amines) is 1. The fourth-order valence-corrected chi connectivity index (χ4v) is 3.22. The van der Waals surface area contributed by atoms with Crippen molar-refractivity contribution in [2.75, 3.05) is 38.5 Å². The molecule has 132 valence electrons. The van der Waals surface area contributed by atoms with Gasteiger partial charge in [-0.25, -0.2) is 4.98 Å². The van der Waals surface area contributed by atoms with Crippen LogP contribution in [0.5, 0.6) is 0 Å². The second-order valence-corrected chi connectivity index (χ2v) is 7.19. The van der Waals surface area contributed by atoms with Crippen molar-refractivity contribution in [3.8, 4) is 0 Å². The van der Waals surface area contributed by atoms with E-state index in [0.717, 1.165) is 18.7 Å².